The maximum absolute atomic E-state index is 13.5. The second-order valence-corrected chi connectivity index (χ2v) is 8.62. The summed E-state index contributed by atoms with van der Waals surface area (Å²) in [5.41, 5.74) is 3.61. The fourth-order valence-electron chi connectivity index (χ4n) is 5.05. The number of rotatable bonds is 6. The monoisotopic (exact) mass is 411 g/mol. The van der Waals surface area contributed by atoms with Gasteiger partial charge in [-0.2, -0.15) is 0 Å². The van der Waals surface area contributed by atoms with Crippen molar-refractivity contribution < 1.29 is 9.59 Å². The van der Waals surface area contributed by atoms with E-state index in [4.69, 9.17) is 0 Å². The third-order valence-electron chi connectivity index (χ3n) is 6.42. The van der Waals surface area contributed by atoms with Gasteiger partial charge in [0.1, 0.15) is 5.78 Å². The summed E-state index contributed by atoms with van der Waals surface area (Å²) >= 11 is 0. The zero-order chi connectivity index (χ0) is 21.8. The summed E-state index contributed by atoms with van der Waals surface area (Å²) in [6.45, 7) is 4.04. The molecular weight excluding hydrogens is 382 g/mol. The Balaban J connectivity index is 1.82. The van der Waals surface area contributed by atoms with E-state index < -0.39 is 0 Å². The Labute approximate surface area is 184 Å². The molecule has 1 unspecified atom stereocenters. The summed E-state index contributed by atoms with van der Waals surface area (Å²) in [7, 11) is 0. The average Bonchev–Trinajstić information content (AvgIpc) is 2.80. The Kier molecular flexibility index (Phi) is 6.03. The third kappa shape index (κ3) is 4.18. The molecule has 0 saturated heterocycles. The molecule has 0 bridgehead atoms. The lowest BCUT2D eigenvalue weighted by Crippen LogP contribution is -2.50. The van der Waals surface area contributed by atoms with Crippen LogP contribution in [-0.2, 0) is 16.6 Å². The molecule has 0 saturated carbocycles. The minimum Gasteiger partial charge on any atom is -0.305 e. The van der Waals surface area contributed by atoms with E-state index in [1.54, 1.807) is 0 Å². The molecule has 0 N–H and O–H groups in total. The van der Waals surface area contributed by atoms with Crippen molar-refractivity contribution in [3.63, 3.8) is 0 Å². The van der Waals surface area contributed by atoms with Gasteiger partial charge >= 0.3 is 0 Å². The fraction of sp³-hybridized carbons (Fsp3) is 0.286. The number of para-hydroxylation sites is 1. The molecule has 1 aliphatic heterocycles. The highest BCUT2D eigenvalue weighted by Crippen LogP contribution is 2.47. The van der Waals surface area contributed by atoms with Gasteiger partial charge in [0.05, 0.1) is 0 Å². The lowest BCUT2D eigenvalue weighted by molar-refractivity contribution is -0.120. The molecule has 4 rings (SSSR count). The van der Waals surface area contributed by atoms with Crippen LogP contribution >= 0.6 is 0 Å². The summed E-state index contributed by atoms with van der Waals surface area (Å²) < 4.78 is 0. The van der Waals surface area contributed by atoms with Crippen molar-refractivity contribution in [2.75, 3.05) is 4.90 Å². The van der Waals surface area contributed by atoms with Gasteiger partial charge in [-0.15, -0.1) is 0 Å². The molecule has 1 amide bonds. The van der Waals surface area contributed by atoms with E-state index in [-0.39, 0.29) is 23.1 Å². The van der Waals surface area contributed by atoms with E-state index >= 15 is 0 Å². The van der Waals surface area contributed by atoms with Crippen molar-refractivity contribution in [2.24, 2.45) is 0 Å². The number of carbonyl (C=O) groups is 2. The SMILES string of the molecule is CCC(=O)CC1(Cc2ccccc2)C[C@@H](C)N(C(=O)c2ccccc2)c2ccccc21. The number of amides is 1. The lowest BCUT2D eigenvalue weighted by Gasteiger charge is -2.47. The van der Waals surface area contributed by atoms with Crippen molar-refractivity contribution in [3.05, 3.63) is 102 Å². The van der Waals surface area contributed by atoms with E-state index in [0.717, 1.165) is 24.1 Å². The summed E-state index contributed by atoms with van der Waals surface area (Å²) in [6, 6.07) is 28.0. The molecule has 0 fully saturated rings. The topological polar surface area (TPSA) is 37.4 Å². The summed E-state index contributed by atoms with van der Waals surface area (Å²) in [5.74, 6) is 0.274. The molecule has 3 aromatic carbocycles. The fourth-order valence-corrected chi connectivity index (χ4v) is 5.05. The quantitative estimate of drug-likeness (QED) is 0.501. The molecule has 158 valence electrons. The van der Waals surface area contributed by atoms with Gasteiger partial charge in [0.25, 0.3) is 5.91 Å². The van der Waals surface area contributed by atoms with E-state index in [1.165, 1.54) is 5.56 Å². The Bertz CT molecular complexity index is 1060. The minimum absolute atomic E-state index is 0.00989. The van der Waals surface area contributed by atoms with Crippen molar-refractivity contribution in [1.29, 1.82) is 0 Å². The number of carbonyl (C=O) groups excluding carboxylic acids is 2. The molecule has 31 heavy (non-hydrogen) atoms. The van der Waals surface area contributed by atoms with Gasteiger partial charge in [-0.25, -0.2) is 0 Å². The maximum atomic E-state index is 13.5. The second-order valence-electron chi connectivity index (χ2n) is 8.62. The molecule has 1 aliphatic rings. The Morgan fingerprint density at radius 2 is 1.52 bits per heavy atom. The number of hydrogen-bond donors (Lipinski definition) is 0. The van der Waals surface area contributed by atoms with Crippen LogP contribution in [0.4, 0.5) is 5.69 Å². The maximum Gasteiger partial charge on any atom is 0.258 e. The Hall–Kier alpha value is -3.20. The smallest absolute Gasteiger partial charge is 0.258 e. The lowest BCUT2D eigenvalue weighted by atomic mass is 9.65. The minimum atomic E-state index is -0.322. The van der Waals surface area contributed by atoms with Crippen LogP contribution in [0, 0.1) is 0 Å². The summed E-state index contributed by atoms with van der Waals surface area (Å²) in [4.78, 5) is 28.1. The number of hydrogen-bond acceptors (Lipinski definition) is 2. The van der Waals surface area contributed by atoms with Crippen LogP contribution < -0.4 is 4.90 Å². The summed E-state index contributed by atoms with van der Waals surface area (Å²) in [6.07, 6.45) is 2.56. The van der Waals surface area contributed by atoms with Crippen molar-refractivity contribution in [1.82, 2.24) is 0 Å². The Morgan fingerprint density at radius 1 is 0.903 bits per heavy atom. The molecule has 0 aromatic heterocycles. The van der Waals surface area contributed by atoms with Gasteiger partial charge in [-0.3, -0.25) is 9.59 Å². The van der Waals surface area contributed by atoms with E-state index in [0.29, 0.717) is 18.4 Å². The standard InChI is InChI=1S/C28H29NO2/c1-3-24(30)20-28(19-22-12-6-4-7-13-22)18-21(2)29(26-17-11-10-16-25(26)28)27(31)23-14-8-5-9-15-23/h4-17,21H,3,18-20H2,1-2H3/t21-,28?/m1/s1. The van der Waals surface area contributed by atoms with Gasteiger partial charge in [0.15, 0.2) is 0 Å². The largest absolute Gasteiger partial charge is 0.305 e. The highest BCUT2D eigenvalue weighted by atomic mass is 16.2. The number of nitrogens with zero attached hydrogens (tertiary/aromatic N) is 1. The molecule has 1 heterocycles. The van der Waals surface area contributed by atoms with Crippen molar-refractivity contribution in [3.8, 4) is 0 Å². The van der Waals surface area contributed by atoms with Crippen LogP contribution in [0.5, 0.6) is 0 Å². The van der Waals surface area contributed by atoms with Crippen LogP contribution in [0.25, 0.3) is 0 Å². The first-order valence-electron chi connectivity index (χ1n) is 11.1. The first-order chi connectivity index (χ1) is 15.0. The van der Waals surface area contributed by atoms with Crippen LogP contribution in [0.2, 0.25) is 0 Å². The molecule has 0 radical (unpaired) electrons. The molecule has 3 nitrogen and oxygen atoms in total. The van der Waals surface area contributed by atoms with Crippen molar-refractivity contribution >= 4 is 17.4 Å². The average molecular weight is 412 g/mol. The zero-order valence-electron chi connectivity index (χ0n) is 18.3. The molecule has 0 spiro atoms. The van der Waals surface area contributed by atoms with Crippen LogP contribution in [0.1, 0.15) is 54.6 Å². The number of ketones is 1. The molecule has 3 heteroatoms. The van der Waals surface area contributed by atoms with Gasteiger partial charge in [-0.05, 0) is 49.1 Å². The highest BCUT2D eigenvalue weighted by Gasteiger charge is 2.44. The van der Waals surface area contributed by atoms with Gasteiger partial charge < -0.3 is 4.90 Å². The Morgan fingerprint density at radius 3 is 2.19 bits per heavy atom. The predicted molar refractivity (Wildman–Crippen MR) is 126 cm³/mol. The number of fused-ring (bicyclic) bond motifs is 1. The van der Waals surface area contributed by atoms with Crippen LogP contribution in [-0.4, -0.2) is 17.7 Å². The van der Waals surface area contributed by atoms with Gasteiger partial charge in [0.2, 0.25) is 0 Å². The number of benzene rings is 3. The summed E-state index contributed by atoms with van der Waals surface area (Å²) in [5, 5.41) is 0. The molecule has 2 atom stereocenters. The third-order valence-corrected chi connectivity index (χ3v) is 6.42. The first kappa shape index (κ1) is 21.0. The number of anilines is 1. The predicted octanol–water partition coefficient (Wildman–Crippen LogP) is 5.98. The van der Waals surface area contributed by atoms with E-state index in [9.17, 15) is 9.59 Å². The van der Waals surface area contributed by atoms with Crippen LogP contribution in [0.3, 0.4) is 0 Å². The molecule has 0 aliphatic carbocycles. The van der Waals surface area contributed by atoms with E-state index in [2.05, 4.69) is 25.1 Å². The highest BCUT2D eigenvalue weighted by molar-refractivity contribution is 6.07. The van der Waals surface area contributed by atoms with Crippen molar-refractivity contribution in [2.45, 2.75) is 51.0 Å². The zero-order valence-corrected chi connectivity index (χ0v) is 18.3. The molecule has 3 aromatic rings. The normalized spacial score (nSPS) is 20.2. The second kappa shape index (κ2) is 8.89. The van der Waals surface area contributed by atoms with Gasteiger partial charge in [0, 0.05) is 35.5 Å². The van der Waals surface area contributed by atoms with E-state index in [1.807, 2.05) is 78.6 Å². The first-order valence-corrected chi connectivity index (χ1v) is 11.1. The number of Topliss-reactive ketones (excluding diaryl/α,β-unsaturated/α-hetero) is 1. The molecular formula is C28H29NO2. The van der Waals surface area contributed by atoms with Gasteiger partial charge in [-0.1, -0.05) is 73.7 Å². The van der Waals surface area contributed by atoms with Crippen LogP contribution in [0.15, 0.2) is 84.9 Å².